The first-order chi connectivity index (χ1) is 44.9. The van der Waals surface area contributed by atoms with Crippen LogP contribution in [-0.2, 0) is 52.5 Å². The average Bonchev–Trinajstić information content (AvgIpc) is 0.973. The first-order valence-corrected chi connectivity index (χ1v) is 31.2. The van der Waals surface area contributed by atoms with Crippen molar-refractivity contribution in [3.8, 4) is 0 Å². The number of hydrogen-bond donors (Lipinski definition) is 16. The number of aliphatic hydroxyl groups is 6. The molecule has 0 bridgehead atoms. The number of H-pyrrole nitrogens is 1. The van der Waals surface area contributed by atoms with E-state index in [2.05, 4.69) is 64.8 Å². The first-order valence-electron chi connectivity index (χ1n) is 31.2. The lowest BCUT2D eigenvalue weighted by Crippen LogP contribution is -2.65. The Morgan fingerprint density at radius 1 is 0.811 bits per heavy atom. The first kappa shape index (κ1) is 76.4. The van der Waals surface area contributed by atoms with E-state index >= 15 is 4.79 Å². The van der Waals surface area contributed by atoms with E-state index in [-0.39, 0.29) is 77.9 Å². The van der Waals surface area contributed by atoms with Crippen LogP contribution in [0.25, 0.3) is 0 Å². The van der Waals surface area contributed by atoms with E-state index in [0.29, 0.717) is 36.6 Å². The van der Waals surface area contributed by atoms with Crippen molar-refractivity contribution in [1.82, 2.24) is 41.2 Å². The summed E-state index contributed by atoms with van der Waals surface area (Å²) in [6.07, 6.45) is -17.7. The maximum absolute atomic E-state index is 15.2. The highest BCUT2D eigenvalue weighted by molar-refractivity contribution is 6.87. The van der Waals surface area contributed by atoms with Crippen molar-refractivity contribution in [3.05, 3.63) is 65.1 Å². The minimum Gasteiger partial charge on any atom is -0.441 e. The normalized spacial score (nSPS) is 24.7. The van der Waals surface area contributed by atoms with Crippen molar-refractivity contribution >= 4 is 85.6 Å². The number of amides is 7. The van der Waals surface area contributed by atoms with E-state index < -0.39 is 158 Å². The molecule has 3 radical (unpaired) electrons. The third-order valence-corrected chi connectivity index (χ3v) is 16.4. The van der Waals surface area contributed by atoms with Gasteiger partial charge in [0.15, 0.2) is 18.7 Å². The number of carbonyl (C=O) groups excluding carboxylic acids is 8. The molecule has 6 heterocycles. The SMILES string of the molecule is CB(C)CCCNC(=O)C1=C[B]C(C2=C[B]C(CCNC(=O)[C@@H](CC(=O)[C@@H](C)[CH][C@@H](C)NC(=O)[C@@H](NC(=O)c3nc([C@@H](CC[C@H](N)C(N)=O)CC(N)=O)nc(N)c3C)[C@@H](OC3OC(CO)C(O)C(O)C3OC3OC(CO)C(O)C(OC(N)=O)C3O)c3cnc[nH]3)C(C)C)=N2)=N1. The number of hydrogen-bond acceptors (Lipinski definition) is 26. The van der Waals surface area contributed by atoms with Gasteiger partial charge in [-0.3, -0.25) is 43.5 Å². The van der Waals surface area contributed by atoms with Gasteiger partial charge in [-0.1, -0.05) is 52.7 Å². The Kier molecular flexibility index (Phi) is 28.5. The molecule has 37 heteroatoms. The van der Waals surface area contributed by atoms with Gasteiger partial charge in [-0.05, 0) is 57.5 Å². The summed E-state index contributed by atoms with van der Waals surface area (Å²) in [5.74, 6) is -4.98. The molecule has 4 aliphatic rings. The molecular formula is C58H87B3N15O19. The second-order valence-electron chi connectivity index (χ2n) is 24.5. The Balaban J connectivity index is 1.23. The Bertz CT molecular complexity index is 3160. The van der Waals surface area contributed by atoms with Crippen LogP contribution in [0.4, 0.5) is 10.6 Å². The van der Waals surface area contributed by atoms with E-state index in [1.807, 2.05) is 0 Å². The maximum Gasteiger partial charge on any atom is 0.404 e. The number of ether oxygens (including phenoxy) is 5. The smallest absolute Gasteiger partial charge is 0.404 e. The summed E-state index contributed by atoms with van der Waals surface area (Å²) in [6.45, 7) is 11.6. The summed E-state index contributed by atoms with van der Waals surface area (Å²) in [4.78, 5) is 132. The fourth-order valence-electron chi connectivity index (χ4n) is 10.8. The van der Waals surface area contributed by atoms with E-state index in [1.165, 1.54) is 26.5 Å². The number of nitrogens with zero attached hydrogens (tertiary/aromatic N) is 5. The Labute approximate surface area is 550 Å². The van der Waals surface area contributed by atoms with Crippen molar-refractivity contribution < 1.29 is 92.7 Å². The number of nitrogens with two attached hydrogens (primary N) is 5. The van der Waals surface area contributed by atoms with Crippen molar-refractivity contribution in [2.75, 3.05) is 32.0 Å². The number of carbonyl (C=O) groups is 8. The number of Topliss-reactive ketones (excluding diaryl/α,β-unsaturated/α-hetero) is 1. The van der Waals surface area contributed by atoms with Gasteiger partial charge in [0.05, 0.1) is 43.2 Å². The number of aromatic nitrogens is 4. The van der Waals surface area contributed by atoms with Crippen LogP contribution >= 0.6 is 0 Å². The highest BCUT2D eigenvalue weighted by Gasteiger charge is 2.54. The van der Waals surface area contributed by atoms with Gasteiger partial charge in [0.1, 0.15) is 90.4 Å². The fourth-order valence-corrected chi connectivity index (χ4v) is 10.8. The molecule has 17 atom stereocenters. The number of rotatable bonds is 36. The molecule has 2 fully saturated rings. The lowest BCUT2D eigenvalue weighted by atomic mass is 9.51. The van der Waals surface area contributed by atoms with E-state index in [4.69, 9.17) is 52.4 Å². The summed E-state index contributed by atoms with van der Waals surface area (Å²) in [6, 6.07) is -4.21. The molecule has 10 unspecified atom stereocenters. The van der Waals surface area contributed by atoms with Gasteiger partial charge in [0, 0.05) is 60.9 Å². The van der Waals surface area contributed by atoms with Crippen LogP contribution in [0.2, 0.25) is 20.0 Å². The summed E-state index contributed by atoms with van der Waals surface area (Å²) >= 11 is 0. The molecule has 2 aromatic heterocycles. The second-order valence-corrected chi connectivity index (χ2v) is 24.5. The Morgan fingerprint density at radius 2 is 1.51 bits per heavy atom. The summed E-state index contributed by atoms with van der Waals surface area (Å²) in [7, 11) is 3.51. The summed E-state index contributed by atoms with van der Waals surface area (Å²) in [5.41, 5.74) is 29.9. The number of aromatic amines is 1. The zero-order chi connectivity index (χ0) is 70.1. The molecule has 0 aromatic carbocycles. The molecule has 34 nitrogen and oxygen atoms in total. The van der Waals surface area contributed by atoms with Crippen LogP contribution in [-0.4, -0.2) is 236 Å². The molecule has 2 saturated heterocycles. The van der Waals surface area contributed by atoms with Gasteiger partial charge < -0.3 is 109 Å². The minimum absolute atomic E-state index is 0.0355. The number of aliphatic imine (C=N–C) groups is 2. The van der Waals surface area contributed by atoms with Crippen LogP contribution in [0.1, 0.15) is 106 Å². The van der Waals surface area contributed by atoms with Gasteiger partial charge in [-0.15, -0.1) is 0 Å². The Hall–Kier alpha value is -7.58. The minimum atomic E-state index is -2.14. The summed E-state index contributed by atoms with van der Waals surface area (Å²) < 4.78 is 28.9. The van der Waals surface area contributed by atoms with Gasteiger partial charge in [-0.2, -0.15) is 0 Å². The number of anilines is 1. The van der Waals surface area contributed by atoms with Crippen LogP contribution in [0.15, 0.2) is 45.9 Å². The number of aliphatic hydroxyl groups excluding tert-OH is 6. The highest BCUT2D eigenvalue weighted by Crippen LogP contribution is 2.35. The third kappa shape index (κ3) is 21.0. The standard InChI is InChI=1S/C58H87B3N15O19/c1-24(2)29(52(86)69-14-11-37-59-18-31(72-37)48-60-19-32(73-48)53(87)68-13-8-12-61(6)7)17-34(79)25(3)15-26(4)71-55(89)40(75-54(88)39-27(5)49(64)76-51(74-39)28(16-38(63)80)9-10-30(62)50(65)85)45(33-20-67-23-70-33)93-57-47(43(83)41(81)35(21-77)92-57)94-56-44(84)46(95-58(66)90)42(82)36(22-78)91-56/h15,18-20,23-26,28-30,35-36,40-47,56-57,77-78,81-84H,8-14,16-17,21-22,62H2,1-7H3,(H2,63,80)(H2,65,85)(H2,66,90)(H,67,70)(H,68,87)(H,69,86)(H,71,89)(H,75,88)(H2,64,74,76)/t25-,26+,28-,29-,30-,35?,36?,40-,41?,42?,43?,44?,45-,46?,47?,56?,57?/m0/s1. The summed E-state index contributed by atoms with van der Waals surface area (Å²) in [5, 5.41) is 76.6. The van der Waals surface area contributed by atoms with Crippen molar-refractivity contribution in [1.29, 1.82) is 0 Å². The number of allylic oxidation sites excluding steroid dienone is 1. The zero-order valence-corrected chi connectivity index (χ0v) is 53.9. The largest absolute Gasteiger partial charge is 0.441 e. The quantitative estimate of drug-likeness (QED) is 0.0226. The van der Waals surface area contributed by atoms with Crippen molar-refractivity contribution in [3.63, 3.8) is 0 Å². The van der Waals surface area contributed by atoms with Crippen molar-refractivity contribution in [2.45, 2.75) is 185 Å². The predicted molar refractivity (Wildman–Crippen MR) is 342 cm³/mol. The number of imidazole rings is 1. The van der Waals surface area contributed by atoms with Crippen LogP contribution in [0.3, 0.4) is 0 Å². The lowest BCUT2D eigenvalue weighted by Gasteiger charge is -2.47. The number of nitrogen functional groups attached to an aromatic ring is 1. The fraction of sp³-hybridized carbons (Fsp3) is 0.621. The molecule has 517 valence electrons. The molecule has 4 aliphatic heterocycles. The molecule has 95 heavy (non-hydrogen) atoms. The lowest BCUT2D eigenvalue weighted by molar-refractivity contribution is -0.372. The Morgan fingerprint density at radius 3 is 2.14 bits per heavy atom. The van der Waals surface area contributed by atoms with Gasteiger partial charge >= 0.3 is 6.09 Å². The second kappa shape index (κ2) is 35.4. The maximum atomic E-state index is 15.2. The molecular weight excluding hydrogens is 1240 g/mol. The van der Waals surface area contributed by atoms with Gasteiger partial charge in [-0.25, -0.2) is 19.7 Å². The topological polar surface area (TPSA) is 561 Å². The zero-order valence-electron chi connectivity index (χ0n) is 53.9. The predicted octanol–water partition coefficient (Wildman–Crippen LogP) is -4.52. The molecule has 0 saturated carbocycles. The third-order valence-electron chi connectivity index (χ3n) is 16.4. The average molecular weight is 1330 g/mol. The number of primary amides is 3. The monoisotopic (exact) mass is 1330 g/mol. The molecule has 0 spiro atoms. The molecule has 7 amide bonds. The van der Waals surface area contributed by atoms with E-state index in [1.54, 1.807) is 47.3 Å². The number of ketones is 1. The van der Waals surface area contributed by atoms with Crippen LogP contribution < -0.4 is 49.9 Å². The molecule has 21 N–H and O–H groups in total. The van der Waals surface area contributed by atoms with Crippen LogP contribution in [0.5, 0.6) is 0 Å². The van der Waals surface area contributed by atoms with Gasteiger partial charge in [0.25, 0.3) is 11.8 Å². The highest BCUT2D eigenvalue weighted by atomic mass is 16.8. The van der Waals surface area contributed by atoms with Gasteiger partial charge in [0.2, 0.25) is 38.2 Å². The number of nitrogens with one attached hydrogen (secondary N) is 5. The van der Waals surface area contributed by atoms with E-state index in [0.717, 1.165) is 19.1 Å². The van der Waals surface area contributed by atoms with E-state index in [9.17, 15) is 64.2 Å². The van der Waals surface area contributed by atoms with Crippen molar-refractivity contribution in [2.24, 2.45) is 50.7 Å². The van der Waals surface area contributed by atoms with Crippen LogP contribution in [0, 0.1) is 31.1 Å². The molecule has 0 aliphatic carbocycles. The molecule has 6 rings (SSSR count). The molecule has 2 aromatic rings.